The van der Waals surface area contributed by atoms with Crippen LogP contribution in [0.5, 0.6) is 0 Å². The number of hydrogen-bond donors (Lipinski definition) is 5. The van der Waals surface area contributed by atoms with Crippen LogP contribution in [0.2, 0.25) is 0 Å². The van der Waals surface area contributed by atoms with Gasteiger partial charge >= 0.3 is 0 Å². The van der Waals surface area contributed by atoms with E-state index in [1.165, 1.54) is 4.57 Å². The average molecular weight is 337 g/mol. The predicted octanol–water partition coefficient (Wildman–Crippen LogP) is -2.92. The van der Waals surface area contributed by atoms with Crippen molar-refractivity contribution in [3.05, 3.63) is 28.3 Å². The van der Waals surface area contributed by atoms with Gasteiger partial charge in [-0.3, -0.25) is 9.59 Å². The van der Waals surface area contributed by atoms with Crippen LogP contribution in [0.15, 0.2) is 17.3 Å². The number of anilines is 1. The Balaban J connectivity index is 2.29. The van der Waals surface area contributed by atoms with Crippen molar-refractivity contribution in [2.75, 3.05) is 12.3 Å². The third-order valence-electron chi connectivity index (χ3n) is 3.90. The van der Waals surface area contributed by atoms with Crippen LogP contribution in [-0.2, 0) is 4.74 Å². The van der Waals surface area contributed by atoms with Crippen LogP contribution < -0.4 is 16.9 Å². The zero-order valence-corrected chi connectivity index (χ0v) is 12.2. The Morgan fingerprint density at radius 3 is 2.62 bits per heavy atom. The molecule has 0 aliphatic carbocycles. The third-order valence-corrected chi connectivity index (χ3v) is 3.90. The number of primary amides is 1. The highest BCUT2D eigenvalue weighted by molar-refractivity contribution is 5.97. The van der Waals surface area contributed by atoms with Crippen molar-refractivity contribution in [1.82, 2.24) is 14.5 Å². The highest BCUT2D eigenvalue weighted by Crippen LogP contribution is 2.31. The van der Waals surface area contributed by atoms with Gasteiger partial charge in [0, 0.05) is 6.20 Å². The molecule has 4 atom stereocenters. The Labute approximate surface area is 134 Å². The number of pyridine rings is 1. The molecule has 7 N–H and O–H groups in total. The number of aromatic nitrogens is 3. The van der Waals surface area contributed by atoms with E-state index < -0.39 is 48.0 Å². The van der Waals surface area contributed by atoms with Crippen molar-refractivity contribution in [1.29, 1.82) is 0 Å². The molecule has 11 heteroatoms. The van der Waals surface area contributed by atoms with E-state index in [4.69, 9.17) is 16.2 Å². The van der Waals surface area contributed by atoms with Gasteiger partial charge in [-0.15, -0.1) is 0 Å². The molecule has 1 amide bonds. The highest BCUT2D eigenvalue weighted by Gasteiger charge is 2.44. The number of hydrogen-bond acceptors (Lipinski definition) is 9. The molecule has 2 aromatic rings. The minimum Gasteiger partial charge on any atom is -0.394 e. The summed E-state index contributed by atoms with van der Waals surface area (Å²) in [5, 5.41) is 29.1. The minimum absolute atomic E-state index is 0.00709. The lowest BCUT2D eigenvalue weighted by Gasteiger charge is -2.21. The molecule has 3 heterocycles. The van der Waals surface area contributed by atoms with Gasteiger partial charge in [-0.1, -0.05) is 0 Å². The van der Waals surface area contributed by atoms with Gasteiger partial charge in [-0.25, -0.2) is 9.97 Å². The van der Waals surface area contributed by atoms with Gasteiger partial charge in [-0.2, -0.15) is 0 Å². The third kappa shape index (κ3) is 2.30. The molecular weight excluding hydrogens is 322 g/mol. The van der Waals surface area contributed by atoms with E-state index >= 15 is 0 Å². The normalized spacial score (nSPS) is 26.8. The SMILES string of the molecule is NC(=O)c1cn([C@H]2O[C@H](CO)[C@@H](O)[C@@H]2O)c2ncnc(N)c2c1=O. The summed E-state index contributed by atoms with van der Waals surface area (Å²) in [5.41, 5.74) is 9.75. The summed E-state index contributed by atoms with van der Waals surface area (Å²) < 4.78 is 6.57. The lowest BCUT2D eigenvalue weighted by Crippen LogP contribution is -2.34. The largest absolute Gasteiger partial charge is 0.394 e. The number of carbonyl (C=O) groups excluding carboxylic acids is 1. The summed E-state index contributed by atoms with van der Waals surface area (Å²) in [6, 6.07) is 0. The number of nitrogens with two attached hydrogens (primary N) is 2. The van der Waals surface area contributed by atoms with Crippen LogP contribution in [0.25, 0.3) is 11.0 Å². The Morgan fingerprint density at radius 1 is 1.33 bits per heavy atom. The molecule has 1 aliphatic rings. The molecule has 2 aromatic heterocycles. The Morgan fingerprint density at radius 2 is 2.04 bits per heavy atom. The van der Waals surface area contributed by atoms with Crippen LogP contribution in [0, 0.1) is 0 Å². The summed E-state index contributed by atoms with van der Waals surface area (Å²) in [5.74, 6) is -1.18. The molecule has 0 unspecified atom stereocenters. The Hall–Kier alpha value is -2.60. The molecule has 11 nitrogen and oxygen atoms in total. The summed E-state index contributed by atoms with van der Waals surface area (Å²) in [7, 11) is 0. The van der Waals surface area contributed by atoms with Crippen molar-refractivity contribution >= 4 is 22.8 Å². The molecule has 0 aromatic carbocycles. The van der Waals surface area contributed by atoms with Crippen LogP contribution in [0.3, 0.4) is 0 Å². The number of nitrogens with zero attached hydrogens (tertiary/aromatic N) is 3. The number of carbonyl (C=O) groups is 1. The van der Waals surface area contributed by atoms with E-state index in [2.05, 4.69) is 9.97 Å². The molecule has 1 fully saturated rings. The maximum Gasteiger partial charge on any atom is 0.254 e. The fraction of sp³-hybridized carbons (Fsp3) is 0.385. The second-order valence-corrected chi connectivity index (χ2v) is 5.33. The number of fused-ring (bicyclic) bond motifs is 1. The van der Waals surface area contributed by atoms with Crippen molar-refractivity contribution < 1.29 is 24.9 Å². The van der Waals surface area contributed by atoms with Gasteiger partial charge in [0.2, 0.25) is 5.43 Å². The van der Waals surface area contributed by atoms with Gasteiger partial charge < -0.3 is 36.1 Å². The number of nitrogen functional groups attached to an aromatic ring is 1. The van der Waals surface area contributed by atoms with Crippen molar-refractivity contribution in [3.63, 3.8) is 0 Å². The first-order valence-corrected chi connectivity index (χ1v) is 6.94. The monoisotopic (exact) mass is 337 g/mol. The molecule has 3 rings (SSSR count). The fourth-order valence-electron chi connectivity index (χ4n) is 2.68. The first kappa shape index (κ1) is 16.3. The van der Waals surface area contributed by atoms with E-state index in [0.717, 1.165) is 12.5 Å². The lowest BCUT2D eigenvalue weighted by molar-refractivity contribution is -0.0511. The van der Waals surface area contributed by atoms with Gasteiger partial charge in [-0.05, 0) is 0 Å². The molecular formula is C13H15N5O6. The lowest BCUT2D eigenvalue weighted by atomic mass is 10.1. The first-order chi connectivity index (χ1) is 11.4. The second kappa shape index (κ2) is 5.79. The molecule has 1 saturated heterocycles. The zero-order valence-electron chi connectivity index (χ0n) is 12.2. The summed E-state index contributed by atoms with van der Waals surface area (Å²) in [6.07, 6.45) is -2.91. The molecule has 24 heavy (non-hydrogen) atoms. The Kier molecular flexibility index (Phi) is 3.93. The topological polar surface area (TPSA) is 187 Å². The van der Waals surface area contributed by atoms with Crippen molar-refractivity contribution in [2.45, 2.75) is 24.5 Å². The Bertz CT molecular complexity index is 868. The molecule has 0 saturated carbocycles. The summed E-state index contributed by atoms with van der Waals surface area (Å²) >= 11 is 0. The number of rotatable bonds is 3. The first-order valence-electron chi connectivity index (χ1n) is 6.94. The van der Waals surface area contributed by atoms with Crippen LogP contribution >= 0.6 is 0 Å². The minimum atomic E-state index is -1.44. The molecule has 128 valence electrons. The van der Waals surface area contributed by atoms with E-state index in [-0.39, 0.29) is 16.9 Å². The van der Waals surface area contributed by atoms with Gasteiger partial charge in [0.1, 0.15) is 41.4 Å². The number of aliphatic hydroxyl groups excluding tert-OH is 3. The standard InChI is InChI=1S/C13H15N5O6/c14-10-6-7(20)4(11(15)23)1-18(12(6)17-3-16-10)13-9(22)8(21)5(2-19)24-13/h1,3,5,8-9,13,19,21-22H,2H2,(H2,15,23)(H2,14,16,17)/t5-,8-,9+,13+/m1/s1. The molecule has 0 spiro atoms. The maximum absolute atomic E-state index is 12.4. The molecule has 1 aliphatic heterocycles. The highest BCUT2D eigenvalue weighted by atomic mass is 16.6. The second-order valence-electron chi connectivity index (χ2n) is 5.33. The fourth-order valence-corrected chi connectivity index (χ4v) is 2.68. The van der Waals surface area contributed by atoms with Gasteiger partial charge in [0.05, 0.1) is 6.61 Å². The van der Waals surface area contributed by atoms with E-state index in [0.29, 0.717) is 0 Å². The van der Waals surface area contributed by atoms with Gasteiger partial charge in [0.15, 0.2) is 11.9 Å². The number of aliphatic hydroxyl groups is 3. The zero-order chi connectivity index (χ0) is 17.6. The molecule has 0 bridgehead atoms. The van der Waals surface area contributed by atoms with Crippen LogP contribution in [0.1, 0.15) is 16.6 Å². The predicted molar refractivity (Wildman–Crippen MR) is 79.7 cm³/mol. The number of amides is 1. The van der Waals surface area contributed by atoms with E-state index in [9.17, 15) is 24.9 Å². The molecule has 0 radical (unpaired) electrons. The average Bonchev–Trinajstić information content (AvgIpc) is 2.83. The van der Waals surface area contributed by atoms with Crippen molar-refractivity contribution in [2.24, 2.45) is 5.73 Å². The quantitative estimate of drug-likeness (QED) is 0.391. The maximum atomic E-state index is 12.4. The van der Waals surface area contributed by atoms with Crippen LogP contribution in [-0.4, -0.2) is 60.7 Å². The van der Waals surface area contributed by atoms with Gasteiger partial charge in [0.25, 0.3) is 5.91 Å². The number of ether oxygens (including phenoxy) is 1. The van der Waals surface area contributed by atoms with Crippen LogP contribution in [0.4, 0.5) is 5.82 Å². The van der Waals surface area contributed by atoms with Crippen molar-refractivity contribution in [3.8, 4) is 0 Å². The van der Waals surface area contributed by atoms with E-state index in [1.807, 2.05) is 0 Å². The smallest absolute Gasteiger partial charge is 0.254 e. The van der Waals surface area contributed by atoms with E-state index in [1.54, 1.807) is 0 Å². The summed E-state index contributed by atoms with van der Waals surface area (Å²) in [4.78, 5) is 31.6. The summed E-state index contributed by atoms with van der Waals surface area (Å²) in [6.45, 7) is -0.535.